The second kappa shape index (κ2) is 24.1. The van der Waals surface area contributed by atoms with Crippen LogP contribution >= 0.6 is 0 Å². The van der Waals surface area contributed by atoms with Crippen molar-refractivity contribution in [1.82, 2.24) is 0 Å². The molecule has 0 rings (SSSR count). The average molecular weight is 439 g/mol. The van der Waals surface area contributed by atoms with E-state index in [2.05, 4.69) is 27.7 Å². The summed E-state index contributed by atoms with van der Waals surface area (Å²) in [6, 6.07) is 0. The molecule has 186 valence electrons. The van der Waals surface area contributed by atoms with Crippen LogP contribution in [0.25, 0.3) is 0 Å². The molecule has 2 atom stereocenters. The maximum atomic E-state index is 12.5. The zero-order valence-corrected chi connectivity index (χ0v) is 22.0. The Balaban J connectivity index is 4.14. The fraction of sp³-hybridized carbons (Fsp3) is 0.966. The van der Waals surface area contributed by atoms with Crippen molar-refractivity contribution in [3.63, 3.8) is 0 Å². The van der Waals surface area contributed by atoms with Crippen molar-refractivity contribution in [3.8, 4) is 0 Å². The highest BCUT2D eigenvalue weighted by molar-refractivity contribution is 5.71. The minimum atomic E-state index is 0.0444. The molecule has 0 saturated heterocycles. The highest BCUT2D eigenvalue weighted by Gasteiger charge is 2.17. The van der Waals surface area contributed by atoms with E-state index in [9.17, 15) is 4.79 Å². The van der Waals surface area contributed by atoms with Crippen molar-refractivity contribution in [3.05, 3.63) is 0 Å². The van der Waals surface area contributed by atoms with E-state index in [1.165, 1.54) is 122 Å². The lowest BCUT2D eigenvalue weighted by atomic mass is 9.94. The largest absolute Gasteiger partial charge is 0.465 e. The molecule has 2 heteroatoms. The smallest absolute Gasteiger partial charge is 0.308 e. The van der Waals surface area contributed by atoms with Crippen molar-refractivity contribution in [2.75, 3.05) is 6.61 Å². The summed E-state index contributed by atoms with van der Waals surface area (Å²) < 4.78 is 5.81. The van der Waals surface area contributed by atoms with Gasteiger partial charge in [0.05, 0.1) is 12.5 Å². The number of unbranched alkanes of at least 4 members (excludes halogenated alkanes) is 15. The third kappa shape index (κ3) is 21.1. The monoisotopic (exact) mass is 438 g/mol. The predicted molar refractivity (Wildman–Crippen MR) is 138 cm³/mol. The quantitative estimate of drug-likeness (QED) is 0.111. The summed E-state index contributed by atoms with van der Waals surface area (Å²) in [5.41, 5.74) is 0. The molecule has 0 saturated carbocycles. The van der Waals surface area contributed by atoms with E-state index < -0.39 is 0 Å². The van der Waals surface area contributed by atoms with Crippen molar-refractivity contribution in [1.29, 1.82) is 0 Å². The third-order valence-corrected chi connectivity index (χ3v) is 6.79. The van der Waals surface area contributed by atoms with Gasteiger partial charge in [0.15, 0.2) is 0 Å². The molecule has 0 amide bonds. The fourth-order valence-corrected chi connectivity index (χ4v) is 4.43. The molecule has 0 aromatic heterocycles. The van der Waals surface area contributed by atoms with Crippen molar-refractivity contribution < 1.29 is 9.53 Å². The first-order chi connectivity index (χ1) is 15.2. The Bertz CT molecular complexity index is 366. The summed E-state index contributed by atoms with van der Waals surface area (Å²) in [5.74, 6) is 0.681. The SMILES string of the molecule is CCCCCCCCCC(CCCCCCCC)COC(=O)C(C)CCCCCCC. The van der Waals surface area contributed by atoms with Crippen LogP contribution in [-0.2, 0) is 9.53 Å². The number of carbonyl (C=O) groups is 1. The van der Waals surface area contributed by atoms with Gasteiger partial charge in [-0.05, 0) is 25.2 Å². The van der Waals surface area contributed by atoms with Crippen LogP contribution in [0.1, 0.15) is 163 Å². The number of hydrogen-bond acceptors (Lipinski definition) is 2. The van der Waals surface area contributed by atoms with E-state index in [1.807, 2.05) is 0 Å². The molecule has 0 aliphatic heterocycles. The molecular formula is C29H58O2. The van der Waals surface area contributed by atoms with Crippen LogP contribution in [0.15, 0.2) is 0 Å². The topological polar surface area (TPSA) is 26.3 Å². The summed E-state index contributed by atoms with van der Waals surface area (Å²) >= 11 is 0. The van der Waals surface area contributed by atoms with Gasteiger partial charge in [-0.3, -0.25) is 4.79 Å². The Morgan fingerprint density at radius 1 is 0.548 bits per heavy atom. The zero-order chi connectivity index (χ0) is 23.0. The summed E-state index contributed by atoms with van der Waals surface area (Å²) in [7, 11) is 0. The van der Waals surface area contributed by atoms with Gasteiger partial charge in [-0.1, -0.05) is 143 Å². The van der Waals surface area contributed by atoms with E-state index in [0.29, 0.717) is 12.5 Å². The summed E-state index contributed by atoms with van der Waals surface area (Å²) in [4.78, 5) is 12.5. The van der Waals surface area contributed by atoms with E-state index >= 15 is 0 Å². The molecule has 0 aromatic rings. The summed E-state index contributed by atoms with van der Waals surface area (Å²) in [5, 5.41) is 0. The molecule has 0 aliphatic carbocycles. The number of carbonyl (C=O) groups excluding carboxylic acids is 1. The van der Waals surface area contributed by atoms with E-state index in [4.69, 9.17) is 4.74 Å². The number of esters is 1. The molecule has 0 radical (unpaired) electrons. The first kappa shape index (κ1) is 30.5. The van der Waals surface area contributed by atoms with Gasteiger partial charge in [0, 0.05) is 0 Å². The van der Waals surface area contributed by atoms with Crippen LogP contribution < -0.4 is 0 Å². The number of ether oxygens (including phenoxy) is 1. The van der Waals surface area contributed by atoms with Gasteiger partial charge in [-0.15, -0.1) is 0 Å². The maximum absolute atomic E-state index is 12.5. The fourth-order valence-electron chi connectivity index (χ4n) is 4.43. The van der Waals surface area contributed by atoms with Crippen LogP contribution in [0.4, 0.5) is 0 Å². The lowest BCUT2D eigenvalue weighted by Gasteiger charge is -2.19. The lowest BCUT2D eigenvalue weighted by Crippen LogP contribution is -2.20. The minimum Gasteiger partial charge on any atom is -0.465 e. The molecule has 0 heterocycles. The van der Waals surface area contributed by atoms with Crippen LogP contribution in [0.2, 0.25) is 0 Å². The van der Waals surface area contributed by atoms with Gasteiger partial charge in [0.2, 0.25) is 0 Å². The number of rotatable bonds is 24. The van der Waals surface area contributed by atoms with E-state index in [1.54, 1.807) is 0 Å². The highest BCUT2D eigenvalue weighted by Crippen LogP contribution is 2.21. The second-order valence-corrected chi connectivity index (χ2v) is 10.1. The van der Waals surface area contributed by atoms with Gasteiger partial charge >= 0.3 is 5.97 Å². The van der Waals surface area contributed by atoms with Crippen LogP contribution in [0.5, 0.6) is 0 Å². The van der Waals surface area contributed by atoms with Crippen molar-refractivity contribution in [2.45, 2.75) is 163 Å². The molecule has 2 unspecified atom stereocenters. The van der Waals surface area contributed by atoms with Crippen molar-refractivity contribution in [2.24, 2.45) is 11.8 Å². The van der Waals surface area contributed by atoms with E-state index in [0.717, 1.165) is 12.8 Å². The standard InChI is InChI=1S/C29H58O2/c1-5-8-11-14-16-19-22-25-28(24-21-18-15-12-9-6-2)26-31-29(30)27(4)23-20-17-13-10-7-3/h27-28H,5-26H2,1-4H3. The second-order valence-electron chi connectivity index (χ2n) is 10.1. The first-order valence-electron chi connectivity index (χ1n) is 14.3. The molecule has 2 nitrogen and oxygen atoms in total. The van der Waals surface area contributed by atoms with Gasteiger partial charge in [-0.25, -0.2) is 0 Å². The van der Waals surface area contributed by atoms with E-state index in [-0.39, 0.29) is 11.9 Å². The Labute approximate surface area is 196 Å². The first-order valence-corrected chi connectivity index (χ1v) is 14.3. The van der Waals surface area contributed by atoms with Gasteiger partial charge < -0.3 is 4.74 Å². The van der Waals surface area contributed by atoms with Crippen LogP contribution in [0.3, 0.4) is 0 Å². The molecular weight excluding hydrogens is 380 g/mol. The maximum Gasteiger partial charge on any atom is 0.308 e. The highest BCUT2D eigenvalue weighted by atomic mass is 16.5. The lowest BCUT2D eigenvalue weighted by molar-refractivity contribution is -0.149. The summed E-state index contributed by atoms with van der Waals surface area (Å²) in [6.45, 7) is 9.51. The van der Waals surface area contributed by atoms with Gasteiger partial charge in [0.25, 0.3) is 0 Å². The van der Waals surface area contributed by atoms with Crippen LogP contribution in [0, 0.1) is 11.8 Å². The van der Waals surface area contributed by atoms with Crippen molar-refractivity contribution >= 4 is 5.97 Å². The Kier molecular flexibility index (Phi) is 23.7. The molecule has 31 heavy (non-hydrogen) atoms. The number of hydrogen-bond donors (Lipinski definition) is 0. The predicted octanol–water partition coefficient (Wildman–Crippen LogP) is 10.0. The molecule has 0 bridgehead atoms. The Morgan fingerprint density at radius 3 is 1.32 bits per heavy atom. The Hall–Kier alpha value is -0.530. The summed E-state index contributed by atoms with van der Waals surface area (Å²) in [6.07, 6.45) is 27.4. The molecule has 0 spiro atoms. The van der Waals surface area contributed by atoms with Crippen LogP contribution in [-0.4, -0.2) is 12.6 Å². The molecule has 0 aliphatic rings. The van der Waals surface area contributed by atoms with Gasteiger partial charge in [-0.2, -0.15) is 0 Å². The molecule has 0 fully saturated rings. The minimum absolute atomic E-state index is 0.0444. The normalized spacial score (nSPS) is 13.3. The third-order valence-electron chi connectivity index (χ3n) is 6.79. The van der Waals surface area contributed by atoms with Gasteiger partial charge in [0.1, 0.15) is 0 Å². The molecule has 0 N–H and O–H groups in total. The zero-order valence-electron chi connectivity index (χ0n) is 22.0. The Morgan fingerprint density at radius 2 is 0.903 bits per heavy atom. The molecule has 0 aromatic carbocycles. The average Bonchev–Trinajstić information content (AvgIpc) is 2.77.